The molecule has 5 heteroatoms. The first-order chi connectivity index (χ1) is 6.15. The second-order valence-corrected chi connectivity index (χ2v) is 4.21. The van der Waals surface area contributed by atoms with Gasteiger partial charge in [0.25, 0.3) is 0 Å². The molecule has 70 valence electrons. The van der Waals surface area contributed by atoms with Gasteiger partial charge in [0.05, 0.1) is 5.92 Å². The highest BCUT2D eigenvalue weighted by Gasteiger charge is 2.54. The fraction of sp³-hybridized carbons (Fsp3) is 0.875. The van der Waals surface area contributed by atoms with Crippen LogP contribution in [-0.4, -0.2) is 17.1 Å². The monoisotopic (exact) mass is 181 g/mol. The zero-order chi connectivity index (χ0) is 9.47. The predicted octanol–water partition coefficient (Wildman–Crippen LogP) is 1.94. The molecule has 2 saturated carbocycles. The number of hydrogen-bond donors (Lipinski definition) is 1. The fourth-order valence-corrected chi connectivity index (χ4v) is 2.59. The molecule has 1 spiro atoms. The molecular formula is C8H11N3O2. The number of azide groups is 1. The van der Waals surface area contributed by atoms with Gasteiger partial charge in [-0.05, 0) is 36.6 Å². The second-order valence-electron chi connectivity index (χ2n) is 4.21. The first-order valence-corrected chi connectivity index (χ1v) is 4.42. The minimum atomic E-state index is -0.683. The van der Waals surface area contributed by atoms with Crippen molar-refractivity contribution in [3.8, 4) is 0 Å². The summed E-state index contributed by atoms with van der Waals surface area (Å²) in [7, 11) is 0. The summed E-state index contributed by atoms with van der Waals surface area (Å²) in [6.07, 6.45) is 3.33. The minimum absolute atomic E-state index is 0.125. The van der Waals surface area contributed by atoms with Crippen LogP contribution in [0.25, 0.3) is 10.4 Å². The minimum Gasteiger partial charge on any atom is -0.481 e. The Labute approximate surface area is 75.4 Å². The molecule has 0 saturated heterocycles. The number of aliphatic carboxylic acids is 1. The molecule has 2 aliphatic carbocycles. The molecule has 0 amide bonds. The number of carboxylic acids is 1. The molecule has 0 aromatic heterocycles. The second kappa shape index (κ2) is 2.64. The van der Waals surface area contributed by atoms with Crippen molar-refractivity contribution in [2.45, 2.75) is 31.7 Å². The van der Waals surface area contributed by atoms with Crippen LogP contribution in [0.4, 0.5) is 0 Å². The van der Waals surface area contributed by atoms with Crippen molar-refractivity contribution in [3.63, 3.8) is 0 Å². The van der Waals surface area contributed by atoms with Gasteiger partial charge >= 0.3 is 5.97 Å². The highest BCUT2D eigenvalue weighted by atomic mass is 16.4. The summed E-state index contributed by atoms with van der Waals surface area (Å²) in [5.74, 6) is -0.829. The lowest BCUT2D eigenvalue weighted by Gasteiger charge is -2.55. The largest absolute Gasteiger partial charge is 0.481 e. The third kappa shape index (κ3) is 1.25. The Bertz CT molecular complexity index is 264. The van der Waals surface area contributed by atoms with Crippen molar-refractivity contribution >= 4 is 5.97 Å². The molecular weight excluding hydrogens is 170 g/mol. The maximum atomic E-state index is 10.5. The lowest BCUT2D eigenvalue weighted by atomic mass is 9.50. The Balaban J connectivity index is 1.82. The number of rotatable bonds is 2. The number of hydrogen-bond acceptors (Lipinski definition) is 2. The van der Waals surface area contributed by atoms with Gasteiger partial charge in [0.2, 0.25) is 0 Å². The molecule has 0 atom stereocenters. The molecule has 1 N–H and O–H groups in total. The van der Waals surface area contributed by atoms with Gasteiger partial charge in [0.1, 0.15) is 0 Å². The van der Waals surface area contributed by atoms with Crippen molar-refractivity contribution < 1.29 is 9.90 Å². The molecule has 2 rings (SSSR count). The van der Waals surface area contributed by atoms with Crippen LogP contribution in [0.2, 0.25) is 0 Å². The van der Waals surface area contributed by atoms with E-state index in [1.807, 2.05) is 0 Å². The van der Waals surface area contributed by atoms with E-state index < -0.39 is 5.97 Å². The Morgan fingerprint density at radius 3 is 2.54 bits per heavy atom. The Morgan fingerprint density at radius 2 is 2.08 bits per heavy atom. The highest BCUT2D eigenvalue weighted by molar-refractivity contribution is 5.71. The lowest BCUT2D eigenvalue weighted by molar-refractivity contribution is -0.155. The van der Waals surface area contributed by atoms with Gasteiger partial charge in [0.15, 0.2) is 0 Å². The molecule has 2 aliphatic rings. The van der Waals surface area contributed by atoms with E-state index in [-0.39, 0.29) is 17.4 Å². The Hall–Kier alpha value is -1.22. The van der Waals surface area contributed by atoms with E-state index in [2.05, 4.69) is 10.0 Å². The van der Waals surface area contributed by atoms with Gasteiger partial charge < -0.3 is 5.11 Å². The van der Waals surface area contributed by atoms with Crippen LogP contribution in [0.3, 0.4) is 0 Å². The summed E-state index contributed by atoms with van der Waals surface area (Å²) < 4.78 is 0. The van der Waals surface area contributed by atoms with Gasteiger partial charge in [-0.1, -0.05) is 5.11 Å². The van der Waals surface area contributed by atoms with E-state index in [0.717, 1.165) is 25.7 Å². The molecule has 0 bridgehead atoms. The van der Waals surface area contributed by atoms with Crippen molar-refractivity contribution in [1.82, 2.24) is 0 Å². The summed E-state index contributed by atoms with van der Waals surface area (Å²) in [5.41, 5.74) is 8.39. The highest BCUT2D eigenvalue weighted by Crippen LogP contribution is 2.59. The smallest absolute Gasteiger partial charge is 0.306 e. The van der Waals surface area contributed by atoms with Crippen LogP contribution < -0.4 is 0 Å². The third-order valence-corrected chi connectivity index (χ3v) is 3.26. The standard InChI is InChI=1S/C8H11N3O2/c9-11-10-6-3-8(4-6)1-5(2-8)7(12)13/h5-6H,1-4H2,(H,12,13). The van der Waals surface area contributed by atoms with Crippen LogP contribution in [-0.2, 0) is 4.79 Å². The normalized spacial score (nSPS) is 41.5. The maximum absolute atomic E-state index is 10.5. The molecule has 0 heterocycles. The molecule has 0 aliphatic heterocycles. The van der Waals surface area contributed by atoms with Crippen LogP contribution in [0.5, 0.6) is 0 Å². The summed E-state index contributed by atoms with van der Waals surface area (Å²) in [6, 6.07) is 0.125. The average molecular weight is 181 g/mol. The first kappa shape index (κ1) is 8.38. The summed E-state index contributed by atoms with van der Waals surface area (Å²) in [4.78, 5) is 13.3. The fourth-order valence-electron chi connectivity index (χ4n) is 2.59. The zero-order valence-corrected chi connectivity index (χ0v) is 7.18. The van der Waals surface area contributed by atoms with E-state index in [0.29, 0.717) is 0 Å². The topological polar surface area (TPSA) is 86.1 Å². The molecule has 5 nitrogen and oxygen atoms in total. The van der Waals surface area contributed by atoms with Crippen molar-refractivity contribution in [2.24, 2.45) is 16.4 Å². The number of carbonyl (C=O) groups is 1. The van der Waals surface area contributed by atoms with E-state index in [1.54, 1.807) is 0 Å². The zero-order valence-electron chi connectivity index (χ0n) is 7.18. The van der Waals surface area contributed by atoms with Crippen LogP contribution in [0.15, 0.2) is 5.11 Å². The van der Waals surface area contributed by atoms with Crippen molar-refractivity contribution in [3.05, 3.63) is 10.4 Å². The van der Waals surface area contributed by atoms with Gasteiger partial charge in [-0.3, -0.25) is 4.79 Å². The summed E-state index contributed by atoms with van der Waals surface area (Å²) in [6.45, 7) is 0. The SMILES string of the molecule is [N-]=[N+]=NC1CC2(C1)CC(C(=O)O)C2. The van der Waals surface area contributed by atoms with E-state index >= 15 is 0 Å². The van der Waals surface area contributed by atoms with Crippen molar-refractivity contribution in [1.29, 1.82) is 0 Å². The molecule has 0 unspecified atom stereocenters. The Morgan fingerprint density at radius 1 is 1.46 bits per heavy atom. The average Bonchev–Trinajstić information content (AvgIpc) is 1.90. The molecule has 0 radical (unpaired) electrons. The van der Waals surface area contributed by atoms with Crippen LogP contribution >= 0.6 is 0 Å². The quantitative estimate of drug-likeness (QED) is 0.401. The van der Waals surface area contributed by atoms with Gasteiger partial charge in [-0.15, -0.1) is 0 Å². The van der Waals surface area contributed by atoms with Gasteiger partial charge in [-0.25, -0.2) is 0 Å². The van der Waals surface area contributed by atoms with Gasteiger partial charge in [0, 0.05) is 11.0 Å². The lowest BCUT2D eigenvalue weighted by Crippen LogP contribution is -2.51. The predicted molar refractivity (Wildman–Crippen MR) is 45.0 cm³/mol. The van der Waals surface area contributed by atoms with Crippen molar-refractivity contribution in [2.75, 3.05) is 0 Å². The molecule has 0 aromatic rings. The van der Waals surface area contributed by atoms with E-state index in [9.17, 15) is 4.79 Å². The van der Waals surface area contributed by atoms with Crippen LogP contribution in [0.1, 0.15) is 25.7 Å². The summed E-state index contributed by atoms with van der Waals surface area (Å²) in [5, 5.41) is 12.3. The maximum Gasteiger partial charge on any atom is 0.306 e. The number of nitrogens with zero attached hydrogens (tertiary/aromatic N) is 3. The molecule has 2 fully saturated rings. The first-order valence-electron chi connectivity index (χ1n) is 4.42. The Kier molecular flexibility index (Phi) is 1.70. The third-order valence-electron chi connectivity index (χ3n) is 3.26. The van der Waals surface area contributed by atoms with Crippen LogP contribution in [0, 0.1) is 11.3 Å². The number of carboxylic acid groups (broad SMARTS) is 1. The summed E-state index contributed by atoms with van der Waals surface area (Å²) >= 11 is 0. The molecule has 0 aromatic carbocycles. The van der Waals surface area contributed by atoms with E-state index in [1.165, 1.54) is 0 Å². The van der Waals surface area contributed by atoms with Gasteiger partial charge in [-0.2, -0.15) is 0 Å². The van der Waals surface area contributed by atoms with E-state index in [4.69, 9.17) is 10.6 Å². The molecule has 13 heavy (non-hydrogen) atoms.